The average molecular weight is 298 g/mol. The first-order valence-electron chi connectivity index (χ1n) is 6.17. The zero-order valence-electron chi connectivity index (χ0n) is 11.3. The van der Waals surface area contributed by atoms with Crippen molar-refractivity contribution in [3.63, 3.8) is 0 Å². The van der Waals surface area contributed by atoms with Gasteiger partial charge in [-0.05, 0) is 25.0 Å². The van der Waals surface area contributed by atoms with Crippen LogP contribution in [0.4, 0.5) is 5.69 Å². The molecular formula is C14H16ClNO4. The Morgan fingerprint density at radius 1 is 1.45 bits per heavy atom. The van der Waals surface area contributed by atoms with Crippen molar-refractivity contribution in [1.82, 2.24) is 0 Å². The number of rotatable bonds is 4. The molecule has 5 nitrogen and oxygen atoms in total. The van der Waals surface area contributed by atoms with Crippen LogP contribution in [0.1, 0.15) is 12.8 Å². The maximum Gasteiger partial charge on any atom is 0.337 e. The van der Waals surface area contributed by atoms with E-state index in [0.29, 0.717) is 34.9 Å². The fraction of sp³-hybridized carbons (Fsp3) is 0.357. The van der Waals surface area contributed by atoms with Gasteiger partial charge in [-0.3, -0.25) is 0 Å². The van der Waals surface area contributed by atoms with Gasteiger partial charge in [0.25, 0.3) is 0 Å². The Morgan fingerprint density at radius 2 is 2.20 bits per heavy atom. The van der Waals surface area contributed by atoms with E-state index in [0.717, 1.165) is 0 Å². The molecule has 0 saturated carbocycles. The summed E-state index contributed by atoms with van der Waals surface area (Å²) in [6.45, 7) is 0. The van der Waals surface area contributed by atoms with Crippen LogP contribution in [-0.2, 0) is 9.53 Å². The first kappa shape index (κ1) is 14.5. The molecule has 6 heteroatoms. The molecule has 0 fully saturated rings. The molecule has 20 heavy (non-hydrogen) atoms. The van der Waals surface area contributed by atoms with Crippen LogP contribution >= 0.6 is 11.6 Å². The van der Waals surface area contributed by atoms with Crippen molar-refractivity contribution in [1.29, 1.82) is 0 Å². The Labute approximate surface area is 122 Å². The van der Waals surface area contributed by atoms with Crippen LogP contribution in [0.15, 0.2) is 29.5 Å². The van der Waals surface area contributed by atoms with E-state index >= 15 is 0 Å². The number of ether oxygens (including phenoxy) is 2. The fourth-order valence-electron chi connectivity index (χ4n) is 2.16. The number of nitrogens with one attached hydrogen (secondary N) is 1. The van der Waals surface area contributed by atoms with E-state index in [1.165, 1.54) is 7.11 Å². The standard InChI is InChI=1S/C14H16ClNO4/c1-19-8-3-5-10(15)12(7-8)16-11-6-4-9(13(11)17)14(18)20-2/h3,5,7,11,16-17H,4,6H2,1-2H3. The van der Waals surface area contributed by atoms with Gasteiger partial charge in [0.15, 0.2) is 0 Å². The third-order valence-electron chi connectivity index (χ3n) is 3.26. The first-order valence-corrected chi connectivity index (χ1v) is 6.55. The largest absolute Gasteiger partial charge is 0.510 e. The van der Waals surface area contributed by atoms with E-state index < -0.39 is 5.97 Å². The lowest BCUT2D eigenvalue weighted by atomic mass is 10.2. The number of carbonyl (C=O) groups excluding carboxylic acids is 1. The Kier molecular flexibility index (Phi) is 4.39. The molecule has 1 aliphatic carbocycles. The molecule has 1 unspecified atom stereocenters. The Hall–Kier alpha value is -1.88. The van der Waals surface area contributed by atoms with Gasteiger partial charge in [0.05, 0.1) is 36.5 Å². The third-order valence-corrected chi connectivity index (χ3v) is 3.59. The summed E-state index contributed by atoms with van der Waals surface area (Å²) in [5.41, 5.74) is 0.956. The zero-order valence-corrected chi connectivity index (χ0v) is 12.0. The maximum absolute atomic E-state index is 11.5. The molecule has 0 saturated heterocycles. The number of esters is 1. The molecule has 0 aliphatic heterocycles. The molecule has 0 spiro atoms. The minimum absolute atomic E-state index is 0.00994. The van der Waals surface area contributed by atoms with Crippen LogP contribution in [0.3, 0.4) is 0 Å². The van der Waals surface area contributed by atoms with Gasteiger partial charge in [-0.1, -0.05) is 11.6 Å². The third kappa shape index (κ3) is 2.82. The van der Waals surface area contributed by atoms with Gasteiger partial charge in [0, 0.05) is 6.07 Å². The molecule has 0 aromatic heterocycles. The molecule has 2 N–H and O–H groups in total. The number of halogens is 1. The molecule has 1 aromatic carbocycles. The number of hydrogen-bond donors (Lipinski definition) is 2. The highest BCUT2D eigenvalue weighted by molar-refractivity contribution is 6.33. The lowest BCUT2D eigenvalue weighted by Crippen LogP contribution is -2.19. The maximum atomic E-state index is 11.5. The Bertz CT molecular complexity index is 556. The molecular weight excluding hydrogens is 282 g/mol. The van der Waals surface area contributed by atoms with Crippen LogP contribution in [-0.4, -0.2) is 31.3 Å². The second-order valence-corrected chi connectivity index (χ2v) is 4.84. The lowest BCUT2D eigenvalue weighted by Gasteiger charge is -2.16. The Balaban J connectivity index is 2.19. The number of anilines is 1. The van der Waals surface area contributed by atoms with E-state index in [-0.39, 0.29) is 11.8 Å². The van der Waals surface area contributed by atoms with Gasteiger partial charge in [-0.25, -0.2) is 4.79 Å². The quantitative estimate of drug-likeness (QED) is 0.836. The fourth-order valence-corrected chi connectivity index (χ4v) is 2.34. The number of aliphatic hydroxyl groups excluding tert-OH is 1. The normalized spacial score (nSPS) is 18.1. The molecule has 0 amide bonds. The minimum atomic E-state index is -0.497. The molecule has 1 aromatic rings. The highest BCUT2D eigenvalue weighted by Crippen LogP contribution is 2.32. The van der Waals surface area contributed by atoms with Crippen LogP contribution in [0.2, 0.25) is 5.02 Å². The average Bonchev–Trinajstić information content (AvgIpc) is 2.82. The number of benzene rings is 1. The topological polar surface area (TPSA) is 67.8 Å². The number of carbonyl (C=O) groups is 1. The lowest BCUT2D eigenvalue weighted by molar-refractivity contribution is -0.136. The van der Waals surface area contributed by atoms with Crippen molar-refractivity contribution in [2.45, 2.75) is 18.9 Å². The summed E-state index contributed by atoms with van der Waals surface area (Å²) >= 11 is 6.10. The summed E-state index contributed by atoms with van der Waals surface area (Å²) in [4.78, 5) is 11.5. The highest BCUT2D eigenvalue weighted by Gasteiger charge is 2.30. The van der Waals surface area contributed by atoms with Crippen molar-refractivity contribution in [2.24, 2.45) is 0 Å². The second kappa shape index (κ2) is 6.05. The minimum Gasteiger partial charge on any atom is -0.510 e. The molecule has 108 valence electrons. The predicted molar refractivity (Wildman–Crippen MR) is 76.3 cm³/mol. The van der Waals surface area contributed by atoms with Gasteiger partial charge in [-0.15, -0.1) is 0 Å². The van der Waals surface area contributed by atoms with Crippen LogP contribution in [0, 0.1) is 0 Å². The SMILES string of the molecule is COC(=O)C1=C(O)C(Nc2cc(OC)ccc2Cl)CC1. The number of hydrogen-bond acceptors (Lipinski definition) is 5. The molecule has 0 radical (unpaired) electrons. The van der Waals surface area contributed by atoms with Crippen LogP contribution < -0.4 is 10.1 Å². The first-order chi connectivity index (χ1) is 9.56. The van der Waals surface area contributed by atoms with Crippen LogP contribution in [0.5, 0.6) is 5.75 Å². The molecule has 0 bridgehead atoms. The van der Waals surface area contributed by atoms with Crippen molar-refractivity contribution < 1.29 is 19.4 Å². The van der Waals surface area contributed by atoms with Crippen molar-refractivity contribution in [2.75, 3.05) is 19.5 Å². The summed E-state index contributed by atoms with van der Waals surface area (Å²) in [7, 11) is 2.86. The van der Waals surface area contributed by atoms with Gasteiger partial charge in [-0.2, -0.15) is 0 Å². The van der Waals surface area contributed by atoms with E-state index in [1.54, 1.807) is 25.3 Å². The predicted octanol–water partition coefficient (Wildman–Crippen LogP) is 2.91. The van der Waals surface area contributed by atoms with Gasteiger partial charge in [0.1, 0.15) is 11.5 Å². The van der Waals surface area contributed by atoms with E-state index in [1.807, 2.05) is 0 Å². The van der Waals surface area contributed by atoms with E-state index in [2.05, 4.69) is 10.1 Å². The highest BCUT2D eigenvalue weighted by atomic mass is 35.5. The summed E-state index contributed by atoms with van der Waals surface area (Å²) in [5, 5.41) is 13.7. The molecule has 2 rings (SSSR count). The van der Waals surface area contributed by atoms with Crippen molar-refractivity contribution in [3.05, 3.63) is 34.6 Å². The van der Waals surface area contributed by atoms with Crippen LogP contribution in [0.25, 0.3) is 0 Å². The van der Waals surface area contributed by atoms with Gasteiger partial charge >= 0.3 is 5.97 Å². The second-order valence-electron chi connectivity index (χ2n) is 4.44. The smallest absolute Gasteiger partial charge is 0.337 e. The molecule has 1 aliphatic rings. The number of aliphatic hydroxyl groups is 1. The van der Waals surface area contributed by atoms with Gasteiger partial charge < -0.3 is 19.9 Å². The van der Waals surface area contributed by atoms with E-state index in [9.17, 15) is 9.90 Å². The van der Waals surface area contributed by atoms with Crippen molar-refractivity contribution in [3.8, 4) is 5.75 Å². The molecule has 0 heterocycles. The zero-order chi connectivity index (χ0) is 14.7. The summed E-state index contributed by atoms with van der Waals surface area (Å²) in [6.07, 6.45) is 1.07. The van der Waals surface area contributed by atoms with Crippen molar-refractivity contribution >= 4 is 23.3 Å². The monoisotopic (exact) mass is 297 g/mol. The Morgan fingerprint density at radius 3 is 2.85 bits per heavy atom. The summed E-state index contributed by atoms with van der Waals surface area (Å²) in [6, 6.07) is 4.84. The van der Waals surface area contributed by atoms with E-state index in [4.69, 9.17) is 16.3 Å². The number of methoxy groups -OCH3 is 2. The molecule has 1 atom stereocenters. The van der Waals surface area contributed by atoms with Gasteiger partial charge in [0.2, 0.25) is 0 Å². The summed E-state index contributed by atoms with van der Waals surface area (Å²) < 4.78 is 9.76. The summed E-state index contributed by atoms with van der Waals surface area (Å²) in [5.74, 6) is 0.172.